The maximum absolute atomic E-state index is 12.2. The number of aromatic amines is 1. The van der Waals surface area contributed by atoms with Crippen molar-refractivity contribution in [1.82, 2.24) is 9.97 Å². The quantitative estimate of drug-likeness (QED) is 0.788. The Balaban J connectivity index is 1.81. The van der Waals surface area contributed by atoms with E-state index in [2.05, 4.69) is 14.7 Å². The van der Waals surface area contributed by atoms with Gasteiger partial charge in [0.05, 0.1) is 18.1 Å². The fourth-order valence-electron chi connectivity index (χ4n) is 2.26. The number of ether oxygens (including phenoxy) is 2. The van der Waals surface area contributed by atoms with Crippen molar-refractivity contribution >= 4 is 11.0 Å². The molecule has 0 aliphatic rings. The smallest absolute Gasteiger partial charge is 0.497 e. The molecule has 4 nitrogen and oxygen atoms in total. The Morgan fingerprint density at radius 3 is 2.39 bits per heavy atom. The van der Waals surface area contributed by atoms with E-state index in [0.29, 0.717) is 23.3 Å². The predicted octanol–water partition coefficient (Wildman–Crippen LogP) is 4.06. The Morgan fingerprint density at radius 2 is 1.74 bits per heavy atom. The molecule has 0 radical (unpaired) electrons. The number of hydrogen-bond acceptors (Lipinski definition) is 3. The molecule has 1 N–H and O–H groups in total. The van der Waals surface area contributed by atoms with Gasteiger partial charge in [0, 0.05) is 12.5 Å². The van der Waals surface area contributed by atoms with Gasteiger partial charge in [-0.25, -0.2) is 4.98 Å². The molecule has 0 saturated carbocycles. The van der Waals surface area contributed by atoms with E-state index >= 15 is 0 Å². The lowest BCUT2D eigenvalue weighted by atomic mass is 10.1. The molecule has 3 aromatic rings. The average molecular weight is 322 g/mol. The monoisotopic (exact) mass is 322 g/mol. The molecule has 23 heavy (non-hydrogen) atoms. The minimum Gasteiger partial charge on any atom is -0.497 e. The molecule has 0 atom stereocenters. The molecule has 0 aliphatic carbocycles. The van der Waals surface area contributed by atoms with Gasteiger partial charge in [0.2, 0.25) is 0 Å². The van der Waals surface area contributed by atoms with E-state index in [4.69, 9.17) is 4.74 Å². The second-order valence-electron chi connectivity index (χ2n) is 4.94. The molecule has 0 spiro atoms. The van der Waals surface area contributed by atoms with E-state index in [-0.39, 0.29) is 5.75 Å². The van der Waals surface area contributed by atoms with Gasteiger partial charge in [0.15, 0.2) is 0 Å². The van der Waals surface area contributed by atoms with Crippen LogP contribution in [0.1, 0.15) is 11.4 Å². The van der Waals surface area contributed by atoms with Crippen molar-refractivity contribution in [3.63, 3.8) is 0 Å². The molecule has 0 fully saturated rings. The lowest BCUT2D eigenvalue weighted by Gasteiger charge is -2.07. The Morgan fingerprint density at radius 1 is 1.04 bits per heavy atom. The Labute approximate surface area is 129 Å². The molecule has 1 heterocycles. The minimum atomic E-state index is -4.71. The summed E-state index contributed by atoms with van der Waals surface area (Å²) in [5, 5.41) is 0. The van der Waals surface area contributed by atoms with Crippen molar-refractivity contribution in [3.05, 3.63) is 53.9 Å². The number of benzene rings is 2. The number of halogens is 3. The standard InChI is InChI=1S/C16H13F3N2O2/c1-22-11-4-2-10(3-5-11)8-15-20-13-7-6-12(9-14(13)21-15)23-16(17,18)19/h2-7,9H,8H2,1H3,(H,20,21). The van der Waals surface area contributed by atoms with Crippen LogP contribution in [0.15, 0.2) is 42.5 Å². The van der Waals surface area contributed by atoms with Crippen LogP contribution in [0.5, 0.6) is 11.5 Å². The molecule has 1 aromatic heterocycles. The summed E-state index contributed by atoms with van der Waals surface area (Å²) in [6.45, 7) is 0. The topological polar surface area (TPSA) is 47.1 Å². The van der Waals surface area contributed by atoms with Crippen molar-refractivity contribution in [2.75, 3.05) is 7.11 Å². The molecular formula is C16H13F3N2O2. The highest BCUT2D eigenvalue weighted by Gasteiger charge is 2.31. The lowest BCUT2D eigenvalue weighted by Crippen LogP contribution is -2.16. The summed E-state index contributed by atoms with van der Waals surface area (Å²) in [6.07, 6.45) is -4.17. The number of nitrogens with one attached hydrogen (secondary N) is 1. The number of alkyl halides is 3. The number of aromatic nitrogens is 2. The van der Waals surface area contributed by atoms with Crippen LogP contribution in [-0.4, -0.2) is 23.4 Å². The van der Waals surface area contributed by atoms with Crippen molar-refractivity contribution in [2.24, 2.45) is 0 Å². The predicted molar refractivity (Wildman–Crippen MR) is 78.6 cm³/mol. The first kappa shape index (κ1) is 15.2. The zero-order chi connectivity index (χ0) is 16.4. The van der Waals surface area contributed by atoms with Crippen LogP contribution in [0.2, 0.25) is 0 Å². The maximum Gasteiger partial charge on any atom is 0.573 e. The number of H-pyrrole nitrogens is 1. The summed E-state index contributed by atoms with van der Waals surface area (Å²) in [5.74, 6) is 1.14. The van der Waals surface area contributed by atoms with Crippen molar-refractivity contribution in [2.45, 2.75) is 12.8 Å². The summed E-state index contributed by atoms with van der Waals surface area (Å²) < 4.78 is 45.7. The second-order valence-corrected chi connectivity index (χ2v) is 4.94. The van der Waals surface area contributed by atoms with Gasteiger partial charge in [-0.1, -0.05) is 12.1 Å². The molecular weight excluding hydrogens is 309 g/mol. The van der Waals surface area contributed by atoms with E-state index in [0.717, 1.165) is 11.3 Å². The van der Waals surface area contributed by atoms with Crippen LogP contribution in [0.4, 0.5) is 13.2 Å². The number of imidazole rings is 1. The fourth-order valence-corrected chi connectivity index (χ4v) is 2.26. The highest BCUT2D eigenvalue weighted by Crippen LogP contribution is 2.26. The zero-order valence-electron chi connectivity index (χ0n) is 12.1. The van der Waals surface area contributed by atoms with Gasteiger partial charge in [-0.2, -0.15) is 0 Å². The van der Waals surface area contributed by atoms with E-state index in [1.165, 1.54) is 18.2 Å². The van der Waals surface area contributed by atoms with E-state index in [9.17, 15) is 13.2 Å². The molecule has 2 aromatic carbocycles. The number of fused-ring (bicyclic) bond motifs is 1. The number of hydrogen-bond donors (Lipinski definition) is 1. The van der Waals surface area contributed by atoms with Crippen molar-refractivity contribution in [3.8, 4) is 11.5 Å². The summed E-state index contributed by atoms with van der Waals surface area (Å²) in [5.41, 5.74) is 2.09. The molecule has 120 valence electrons. The second kappa shape index (κ2) is 5.83. The van der Waals surface area contributed by atoms with Gasteiger partial charge < -0.3 is 14.5 Å². The molecule has 0 saturated heterocycles. The summed E-state index contributed by atoms with van der Waals surface area (Å²) in [6, 6.07) is 11.5. The van der Waals surface area contributed by atoms with Crippen LogP contribution in [0.3, 0.4) is 0 Å². The third kappa shape index (κ3) is 3.74. The van der Waals surface area contributed by atoms with E-state index in [1.54, 1.807) is 7.11 Å². The van der Waals surface area contributed by atoms with Crippen LogP contribution >= 0.6 is 0 Å². The molecule has 0 aliphatic heterocycles. The minimum absolute atomic E-state index is 0.273. The van der Waals surface area contributed by atoms with Crippen molar-refractivity contribution < 1.29 is 22.6 Å². The number of rotatable bonds is 4. The highest BCUT2D eigenvalue weighted by molar-refractivity contribution is 5.76. The maximum atomic E-state index is 12.2. The molecule has 0 unspecified atom stereocenters. The Hall–Kier alpha value is -2.70. The normalized spacial score (nSPS) is 11.7. The fraction of sp³-hybridized carbons (Fsp3) is 0.188. The van der Waals surface area contributed by atoms with Crippen molar-refractivity contribution in [1.29, 1.82) is 0 Å². The average Bonchev–Trinajstić information content (AvgIpc) is 2.88. The van der Waals surface area contributed by atoms with Gasteiger partial charge in [-0.05, 0) is 29.8 Å². The van der Waals surface area contributed by atoms with E-state index in [1.807, 2.05) is 24.3 Å². The van der Waals surface area contributed by atoms with Crippen LogP contribution in [0.25, 0.3) is 11.0 Å². The lowest BCUT2D eigenvalue weighted by molar-refractivity contribution is -0.274. The number of methoxy groups -OCH3 is 1. The molecule has 7 heteroatoms. The summed E-state index contributed by atoms with van der Waals surface area (Å²) in [4.78, 5) is 7.37. The van der Waals surface area contributed by atoms with Crippen LogP contribution < -0.4 is 9.47 Å². The van der Waals surface area contributed by atoms with E-state index < -0.39 is 6.36 Å². The summed E-state index contributed by atoms with van der Waals surface area (Å²) in [7, 11) is 1.59. The molecule has 0 bridgehead atoms. The van der Waals surface area contributed by atoms with Crippen LogP contribution in [-0.2, 0) is 6.42 Å². The first-order valence-corrected chi connectivity index (χ1v) is 6.80. The largest absolute Gasteiger partial charge is 0.573 e. The molecule has 0 amide bonds. The highest BCUT2D eigenvalue weighted by atomic mass is 19.4. The van der Waals surface area contributed by atoms with Gasteiger partial charge in [-0.15, -0.1) is 13.2 Å². The Kier molecular flexibility index (Phi) is 3.85. The Bertz CT molecular complexity index is 810. The first-order valence-electron chi connectivity index (χ1n) is 6.80. The van der Waals surface area contributed by atoms with Gasteiger partial charge >= 0.3 is 6.36 Å². The number of nitrogens with zero attached hydrogens (tertiary/aromatic N) is 1. The van der Waals surface area contributed by atoms with Crippen LogP contribution in [0, 0.1) is 0 Å². The molecule has 3 rings (SSSR count). The summed E-state index contributed by atoms with van der Waals surface area (Å²) >= 11 is 0. The third-order valence-corrected chi connectivity index (χ3v) is 3.27. The SMILES string of the molecule is COc1ccc(Cc2nc3ccc(OC(F)(F)F)cc3[nH]2)cc1. The first-order chi connectivity index (χ1) is 10.9. The zero-order valence-corrected chi connectivity index (χ0v) is 12.1. The van der Waals surface area contributed by atoms with Gasteiger partial charge in [0.25, 0.3) is 0 Å². The third-order valence-electron chi connectivity index (χ3n) is 3.27. The van der Waals surface area contributed by atoms with Gasteiger partial charge in [-0.3, -0.25) is 0 Å². The van der Waals surface area contributed by atoms with Gasteiger partial charge in [0.1, 0.15) is 17.3 Å².